The molecule has 0 aliphatic heterocycles. The minimum Gasteiger partial charge on any atom is -0.326 e. The number of aromatic nitrogens is 3. The van der Waals surface area contributed by atoms with E-state index in [4.69, 9.17) is 0 Å². The molecule has 4 aromatic rings. The number of amides is 1. The van der Waals surface area contributed by atoms with Crippen molar-refractivity contribution in [1.29, 1.82) is 0 Å². The van der Waals surface area contributed by atoms with E-state index in [0.29, 0.717) is 6.42 Å². The molecule has 28 heavy (non-hydrogen) atoms. The maximum Gasteiger partial charge on any atom is 0.228 e. The van der Waals surface area contributed by atoms with Gasteiger partial charge in [0.2, 0.25) is 5.91 Å². The van der Waals surface area contributed by atoms with Crippen molar-refractivity contribution in [3.8, 4) is 5.69 Å². The summed E-state index contributed by atoms with van der Waals surface area (Å²) in [6.45, 7) is 6.02. The first-order chi connectivity index (χ1) is 13.5. The van der Waals surface area contributed by atoms with Crippen LogP contribution in [0.25, 0.3) is 16.9 Å². The molecule has 0 aliphatic rings. The molecule has 2 heterocycles. The van der Waals surface area contributed by atoms with E-state index in [1.165, 1.54) is 0 Å². The number of imidazole rings is 1. The van der Waals surface area contributed by atoms with E-state index in [1.54, 1.807) is 6.20 Å². The molecule has 0 aliphatic carbocycles. The quantitative estimate of drug-likeness (QED) is 0.574. The number of nitrogens with one attached hydrogen (secondary N) is 1. The third-order valence-corrected chi connectivity index (χ3v) is 4.65. The second kappa shape index (κ2) is 7.27. The first-order valence-corrected chi connectivity index (χ1v) is 9.27. The summed E-state index contributed by atoms with van der Waals surface area (Å²) in [6.07, 6.45) is 2.10. The van der Waals surface area contributed by atoms with Gasteiger partial charge in [-0.1, -0.05) is 18.2 Å². The van der Waals surface area contributed by atoms with Crippen LogP contribution in [0.4, 0.5) is 5.69 Å². The van der Waals surface area contributed by atoms with Crippen LogP contribution in [0.5, 0.6) is 0 Å². The Morgan fingerprint density at radius 1 is 1.00 bits per heavy atom. The number of rotatable bonds is 4. The van der Waals surface area contributed by atoms with Gasteiger partial charge >= 0.3 is 0 Å². The Balaban J connectivity index is 1.51. The Bertz CT molecular complexity index is 1140. The molecule has 1 N–H and O–H groups in total. The van der Waals surface area contributed by atoms with Crippen LogP contribution in [-0.2, 0) is 11.2 Å². The number of nitrogens with zero attached hydrogens (tertiary/aromatic N) is 3. The fraction of sp³-hybridized carbons (Fsp3) is 0.174. The van der Waals surface area contributed by atoms with E-state index < -0.39 is 0 Å². The highest BCUT2D eigenvalue weighted by atomic mass is 16.1. The van der Waals surface area contributed by atoms with Crippen LogP contribution < -0.4 is 5.32 Å². The predicted octanol–water partition coefficient (Wildman–Crippen LogP) is 4.53. The molecule has 0 bridgehead atoms. The molecule has 2 aromatic carbocycles. The number of hydrogen-bond acceptors (Lipinski definition) is 3. The average Bonchev–Trinajstić information content (AvgIpc) is 2.97. The molecule has 0 spiro atoms. The molecule has 0 fully saturated rings. The zero-order chi connectivity index (χ0) is 19.7. The van der Waals surface area contributed by atoms with E-state index in [9.17, 15) is 4.79 Å². The lowest BCUT2D eigenvalue weighted by Gasteiger charge is -2.09. The van der Waals surface area contributed by atoms with Crippen molar-refractivity contribution in [2.75, 3.05) is 5.32 Å². The molecule has 0 radical (unpaired) electrons. The van der Waals surface area contributed by atoms with Crippen LogP contribution in [-0.4, -0.2) is 20.4 Å². The molecule has 5 nitrogen and oxygen atoms in total. The van der Waals surface area contributed by atoms with Gasteiger partial charge in [0.15, 0.2) is 5.65 Å². The highest BCUT2D eigenvalue weighted by Gasteiger charge is 2.11. The summed E-state index contributed by atoms with van der Waals surface area (Å²) in [7, 11) is 0. The first-order valence-electron chi connectivity index (χ1n) is 9.27. The number of pyridine rings is 1. The summed E-state index contributed by atoms with van der Waals surface area (Å²) in [5.41, 5.74) is 6.76. The third-order valence-electron chi connectivity index (χ3n) is 4.65. The lowest BCUT2D eigenvalue weighted by atomic mass is 10.1. The van der Waals surface area contributed by atoms with Crippen molar-refractivity contribution >= 4 is 22.8 Å². The standard InChI is InChI=1S/C23H22N4O/c1-15-11-16(2)13-19(12-15)26-22(28)14-18-6-8-20(9-7-18)27-17(3)25-21-5-4-10-24-23(21)27/h4-13H,14H2,1-3H3,(H,26,28). The van der Waals surface area contributed by atoms with E-state index in [0.717, 1.165) is 45.1 Å². The van der Waals surface area contributed by atoms with Crippen LogP contribution in [0.2, 0.25) is 0 Å². The summed E-state index contributed by atoms with van der Waals surface area (Å²) < 4.78 is 2.02. The Morgan fingerprint density at radius 2 is 1.71 bits per heavy atom. The highest BCUT2D eigenvalue weighted by molar-refractivity contribution is 5.92. The maximum absolute atomic E-state index is 12.4. The number of anilines is 1. The van der Waals surface area contributed by atoms with Gasteiger partial charge in [0, 0.05) is 17.6 Å². The monoisotopic (exact) mass is 370 g/mol. The minimum atomic E-state index is -0.0244. The van der Waals surface area contributed by atoms with E-state index >= 15 is 0 Å². The number of benzene rings is 2. The summed E-state index contributed by atoms with van der Waals surface area (Å²) >= 11 is 0. The fourth-order valence-electron chi connectivity index (χ4n) is 3.54. The number of aryl methyl sites for hydroxylation is 3. The van der Waals surface area contributed by atoms with E-state index in [1.807, 2.05) is 73.9 Å². The van der Waals surface area contributed by atoms with E-state index in [-0.39, 0.29) is 5.91 Å². The van der Waals surface area contributed by atoms with Crippen LogP contribution in [0.3, 0.4) is 0 Å². The summed E-state index contributed by atoms with van der Waals surface area (Å²) in [5.74, 6) is 0.859. The topological polar surface area (TPSA) is 59.8 Å². The van der Waals surface area contributed by atoms with Gasteiger partial charge in [-0.25, -0.2) is 9.97 Å². The lowest BCUT2D eigenvalue weighted by Crippen LogP contribution is -2.14. The summed E-state index contributed by atoms with van der Waals surface area (Å²) in [6, 6.07) is 17.8. The Kier molecular flexibility index (Phi) is 4.65. The molecular weight excluding hydrogens is 348 g/mol. The zero-order valence-electron chi connectivity index (χ0n) is 16.2. The molecule has 140 valence electrons. The molecule has 2 aromatic heterocycles. The molecule has 0 atom stereocenters. The molecule has 0 saturated carbocycles. The second-order valence-electron chi connectivity index (χ2n) is 7.11. The average molecular weight is 370 g/mol. The van der Waals surface area contributed by atoms with Crippen LogP contribution in [0.15, 0.2) is 60.8 Å². The Hall–Kier alpha value is -3.47. The molecule has 1 amide bonds. The lowest BCUT2D eigenvalue weighted by molar-refractivity contribution is -0.115. The normalized spacial score (nSPS) is 11.0. The van der Waals surface area contributed by atoms with Crippen molar-refractivity contribution in [1.82, 2.24) is 14.5 Å². The molecular formula is C23H22N4O. The van der Waals surface area contributed by atoms with E-state index in [2.05, 4.69) is 21.4 Å². The number of fused-ring (bicyclic) bond motifs is 1. The van der Waals surface area contributed by atoms with Gasteiger partial charge in [-0.15, -0.1) is 0 Å². The second-order valence-corrected chi connectivity index (χ2v) is 7.11. The first kappa shape index (κ1) is 17.9. The smallest absolute Gasteiger partial charge is 0.228 e. The van der Waals surface area contributed by atoms with Crippen molar-refractivity contribution in [2.24, 2.45) is 0 Å². The SMILES string of the molecule is Cc1cc(C)cc(NC(=O)Cc2ccc(-n3c(C)nc4cccnc43)cc2)c1. The van der Waals surface area contributed by atoms with Gasteiger partial charge in [0.1, 0.15) is 11.3 Å². The fourth-order valence-corrected chi connectivity index (χ4v) is 3.54. The zero-order valence-corrected chi connectivity index (χ0v) is 16.2. The van der Waals surface area contributed by atoms with Gasteiger partial charge in [-0.2, -0.15) is 0 Å². The van der Waals surface area contributed by atoms with Crippen molar-refractivity contribution in [3.63, 3.8) is 0 Å². The molecule has 5 heteroatoms. The summed E-state index contributed by atoms with van der Waals surface area (Å²) in [4.78, 5) is 21.4. The van der Waals surface area contributed by atoms with Crippen LogP contribution >= 0.6 is 0 Å². The molecule has 0 unspecified atom stereocenters. The van der Waals surface area contributed by atoms with Gasteiger partial charge in [-0.05, 0) is 73.9 Å². The van der Waals surface area contributed by atoms with Crippen LogP contribution in [0.1, 0.15) is 22.5 Å². The van der Waals surface area contributed by atoms with Gasteiger partial charge in [0.25, 0.3) is 0 Å². The molecule has 0 saturated heterocycles. The van der Waals surface area contributed by atoms with Crippen molar-refractivity contribution in [3.05, 3.63) is 83.3 Å². The largest absolute Gasteiger partial charge is 0.326 e. The Morgan fingerprint density at radius 3 is 2.43 bits per heavy atom. The van der Waals surface area contributed by atoms with Gasteiger partial charge in [0.05, 0.1) is 6.42 Å². The number of carbonyl (C=O) groups is 1. The maximum atomic E-state index is 12.4. The summed E-state index contributed by atoms with van der Waals surface area (Å²) in [5, 5.41) is 2.98. The Labute approximate surface area is 164 Å². The number of hydrogen-bond donors (Lipinski definition) is 1. The predicted molar refractivity (Wildman–Crippen MR) is 112 cm³/mol. The molecule has 4 rings (SSSR count). The van der Waals surface area contributed by atoms with Crippen molar-refractivity contribution in [2.45, 2.75) is 27.2 Å². The van der Waals surface area contributed by atoms with Gasteiger partial charge < -0.3 is 5.32 Å². The van der Waals surface area contributed by atoms with Gasteiger partial charge in [-0.3, -0.25) is 9.36 Å². The van der Waals surface area contributed by atoms with Crippen LogP contribution in [0, 0.1) is 20.8 Å². The highest BCUT2D eigenvalue weighted by Crippen LogP contribution is 2.20. The third kappa shape index (κ3) is 3.64. The minimum absolute atomic E-state index is 0.0244. The van der Waals surface area contributed by atoms with Crippen molar-refractivity contribution < 1.29 is 4.79 Å². The number of carbonyl (C=O) groups excluding carboxylic acids is 1.